The van der Waals surface area contributed by atoms with Crippen LogP contribution in [0, 0.1) is 13.8 Å². The number of piperidine rings is 1. The quantitative estimate of drug-likeness (QED) is 0.233. The molecule has 2 atom stereocenters. The molecule has 5 nitrogen and oxygen atoms in total. The Hall–Kier alpha value is -3.25. The fraction of sp³-hybridized carbons (Fsp3) is 0.375. The van der Waals surface area contributed by atoms with Crippen LogP contribution < -0.4 is 4.74 Å². The molecule has 2 aliphatic heterocycles. The van der Waals surface area contributed by atoms with Crippen molar-refractivity contribution in [3.63, 3.8) is 0 Å². The van der Waals surface area contributed by atoms with Gasteiger partial charge in [-0.3, -0.25) is 4.79 Å². The molecule has 0 N–H and O–H groups in total. The predicted octanol–water partition coefficient (Wildman–Crippen LogP) is 6.99. The first kappa shape index (κ1) is 26.4. The Morgan fingerprint density at radius 2 is 1.47 bits per heavy atom. The summed E-state index contributed by atoms with van der Waals surface area (Å²) in [6.07, 6.45) is 3.75. The average Bonchev–Trinajstić information content (AvgIpc) is 3.19. The molecule has 3 aromatic carbocycles. The monoisotopic (exact) mass is 529 g/mol. The van der Waals surface area contributed by atoms with Crippen LogP contribution in [0.2, 0.25) is 0 Å². The maximum absolute atomic E-state index is 13.5. The molecule has 0 aliphatic carbocycles. The molecule has 0 spiro atoms. The van der Waals surface area contributed by atoms with E-state index in [1.165, 1.54) is 21.6 Å². The van der Waals surface area contributed by atoms with Gasteiger partial charge in [0.2, 0.25) is 0 Å². The molecule has 0 aromatic heterocycles. The van der Waals surface area contributed by atoms with Crippen LogP contribution >= 0.6 is 11.8 Å². The number of benzene rings is 3. The van der Waals surface area contributed by atoms with Crippen LogP contribution in [0.5, 0.6) is 5.75 Å². The van der Waals surface area contributed by atoms with Crippen LogP contribution in [0.15, 0.2) is 71.6 Å². The van der Waals surface area contributed by atoms with Crippen molar-refractivity contribution in [1.29, 1.82) is 0 Å². The van der Waals surface area contributed by atoms with Gasteiger partial charge in [-0.1, -0.05) is 30.3 Å². The van der Waals surface area contributed by atoms with Crippen molar-refractivity contribution in [3.05, 3.63) is 94.5 Å². The van der Waals surface area contributed by atoms with E-state index in [4.69, 9.17) is 9.47 Å². The van der Waals surface area contributed by atoms with E-state index in [9.17, 15) is 9.59 Å². The lowest BCUT2D eigenvalue weighted by atomic mass is 9.98. The molecule has 2 aliphatic rings. The first-order valence-electron chi connectivity index (χ1n) is 13.5. The topological polar surface area (TPSA) is 55.8 Å². The maximum atomic E-state index is 13.5. The van der Waals surface area contributed by atoms with Crippen LogP contribution in [0.4, 0.5) is 0 Å². The molecular weight excluding hydrogens is 494 g/mol. The predicted molar refractivity (Wildman–Crippen MR) is 151 cm³/mol. The standard InChI is InChI=1S/C32H35NO4S/c1-4-36-32(35)25-12-16-28(17-13-25)37-29-18-26-14-15-27(19-29)33(26)31(34)24-10-8-23(9-11-24)20-38-30-21(2)6-5-7-22(30)3/h5-13,16-17,26-27,29H,4,14-15,18-20H2,1-3H3. The zero-order valence-electron chi connectivity index (χ0n) is 22.3. The van der Waals surface area contributed by atoms with Crippen molar-refractivity contribution in [3.8, 4) is 5.75 Å². The van der Waals surface area contributed by atoms with Crippen molar-refractivity contribution in [1.82, 2.24) is 4.90 Å². The number of hydrogen-bond acceptors (Lipinski definition) is 5. The largest absolute Gasteiger partial charge is 0.490 e. The number of hydrogen-bond donors (Lipinski definition) is 0. The lowest BCUT2D eigenvalue weighted by molar-refractivity contribution is 0.0359. The number of aryl methyl sites for hydroxylation is 2. The van der Waals surface area contributed by atoms with Gasteiger partial charge >= 0.3 is 5.97 Å². The number of rotatable bonds is 8. The number of carbonyl (C=O) groups is 2. The molecule has 2 heterocycles. The van der Waals surface area contributed by atoms with E-state index in [0.29, 0.717) is 12.2 Å². The minimum absolute atomic E-state index is 0.0642. The summed E-state index contributed by atoms with van der Waals surface area (Å²) in [5.41, 5.74) is 5.11. The van der Waals surface area contributed by atoms with Crippen LogP contribution in [0.1, 0.15) is 70.0 Å². The first-order chi connectivity index (χ1) is 18.4. The number of carbonyl (C=O) groups excluding carboxylic acids is 2. The Balaban J connectivity index is 1.17. The van der Waals surface area contributed by atoms with Crippen LogP contribution in [0.3, 0.4) is 0 Å². The fourth-order valence-electron chi connectivity index (χ4n) is 5.71. The zero-order valence-corrected chi connectivity index (χ0v) is 23.1. The van der Waals surface area contributed by atoms with E-state index >= 15 is 0 Å². The van der Waals surface area contributed by atoms with E-state index in [0.717, 1.165) is 42.7 Å². The third kappa shape index (κ3) is 5.75. The fourth-order valence-corrected chi connectivity index (χ4v) is 6.80. The number of amides is 1. The van der Waals surface area contributed by atoms with E-state index < -0.39 is 0 Å². The van der Waals surface area contributed by atoms with Gasteiger partial charge in [-0.15, -0.1) is 11.8 Å². The van der Waals surface area contributed by atoms with Crippen molar-refractivity contribution in [2.45, 2.75) is 75.3 Å². The summed E-state index contributed by atoms with van der Waals surface area (Å²) in [6, 6.07) is 22.1. The average molecular weight is 530 g/mol. The van der Waals surface area contributed by atoms with Gasteiger partial charge in [0.15, 0.2) is 0 Å². The van der Waals surface area contributed by atoms with Gasteiger partial charge in [0.05, 0.1) is 12.2 Å². The molecule has 1 amide bonds. The van der Waals surface area contributed by atoms with E-state index in [2.05, 4.69) is 49.1 Å². The minimum atomic E-state index is -0.322. The van der Waals surface area contributed by atoms with Gasteiger partial charge in [-0.05, 0) is 86.7 Å². The number of ether oxygens (including phenoxy) is 2. The second-order valence-corrected chi connectivity index (χ2v) is 11.2. The first-order valence-corrected chi connectivity index (χ1v) is 14.5. The zero-order chi connectivity index (χ0) is 26.6. The normalized spacial score (nSPS) is 20.3. The van der Waals surface area contributed by atoms with Gasteiger partial charge in [0, 0.05) is 41.1 Å². The van der Waals surface area contributed by atoms with Crippen molar-refractivity contribution in [2.75, 3.05) is 6.61 Å². The Labute approximate surface area is 229 Å². The molecule has 0 radical (unpaired) electrons. The Bertz CT molecular complexity index is 1250. The molecule has 2 bridgehead atoms. The second kappa shape index (κ2) is 11.6. The van der Waals surface area contributed by atoms with Gasteiger partial charge in [0.25, 0.3) is 5.91 Å². The SMILES string of the molecule is CCOC(=O)c1ccc(OC2CC3CCC(C2)N3C(=O)c2ccc(CSc3c(C)cccc3C)cc2)cc1. The highest BCUT2D eigenvalue weighted by molar-refractivity contribution is 7.98. The number of nitrogens with zero attached hydrogens (tertiary/aromatic N) is 1. The molecule has 3 aromatic rings. The van der Waals surface area contributed by atoms with E-state index in [1.807, 2.05) is 36.0 Å². The highest BCUT2D eigenvalue weighted by Gasteiger charge is 2.44. The summed E-state index contributed by atoms with van der Waals surface area (Å²) in [6.45, 7) is 6.46. The van der Waals surface area contributed by atoms with Crippen molar-refractivity contribution >= 4 is 23.6 Å². The van der Waals surface area contributed by atoms with Crippen LogP contribution in [-0.2, 0) is 10.5 Å². The summed E-state index contributed by atoms with van der Waals surface area (Å²) in [5, 5.41) is 0. The number of fused-ring (bicyclic) bond motifs is 2. The molecule has 2 fully saturated rings. The summed E-state index contributed by atoms with van der Waals surface area (Å²) in [7, 11) is 0. The lowest BCUT2D eigenvalue weighted by Gasteiger charge is -2.39. The van der Waals surface area contributed by atoms with Gasteiger partial charge < -0.3 is 14.4 Å². The van der Waals surface area contributed by atoms with Crippen molar-refractivity contribution in [2.24, 2.45) is 0 Å². The Morgan fingerprint density at radius 1 is 0.868 bits per heavy atom. The molecule has 2 unspecified atom stereocenters. The molecule has 0 saturated carbocycles. The highest BCUT2D eigenvalue weighted by atomic mass is 32.2. The van der Waals surface area contributed by atoms with Crippen molar-refractivity contribution < 1.29 is 19.1 Å². The summed E-state index contributed by atoms with van der Waals surface area (Å²) in [5.74, 6) is 1.44. The minimum Gasteiger partial charge on any atom is -0.490 e. The maximum Gasteiger partial charge on any atom is 0.338 e. The third-order valence-corrected chi connectivity index (χ3v) is 9.00. The number of thioether (sulfide) groups is 1. The highest BCUT2D eigenvalue weighted by Crippen LogP contribution is 2.38. The summed E-state index contributed by atoms with van der Waals surface area (Å²) < 4.78 is 11.3. The van der Waals surface area contributed by atoms with E-state index in [-0.39, 0.29) is 30.1 Å². The van der Waals surface area contributed by atoms with Gasteiger partial charge in [0.1, 0.15) is 11.9 Å². The molecule has 38 heavy (non-hydrogen) atoms. The molecule has 2 saturated heterocycles. The Morgan fingerprint density at radius 3 is 2.08 bits per heavy atom. The number of esters is 1. The summed E-state index contributed by atoms with van der Waals surface area (Å²) in [4.78, 5) is 28.8. The van der Waals surface area contributed by atoms with Crippen LogP contribution in [-0.4, -0.2) is 41.6 Å². The molecule has 198 valence electrons. The Kier molecular flexibility index (Phi) is 8.08. The molecule has 6 heteroatoms. The molecule has 5 rings (SSSR count). The van der Waals surface area contributed by atoms with E-state index in [1.54, 1.807) is 19.1 Å². The smallest absolute Gasteiger partial charge is 0.338 e. The second-order valence-electron chi connectivity index (χ2n) is 10.3. The molecular formula is C32H35NO4S. The van der Waals surface area contributed by atoms with Gasteiger partial charge in [-0.25, -0.2) is 4.79 Å². The van der Waals surface area contributed by atoms with Crippen LogP contribution in [0.25, 0.3) is 0 Å². The lowest BCUT2D eigenvalue weighted by Crippen LogP contribution is -2.49. The van der Waals surface area contributed by atoms with Gasteiger partial charge in [-0.2, -0.15) is 0 Å². The third-order valence-electron chi connectivity index (χ3n) is 7.59. The summed E-state index contributed by atoms with van der Waals surface area (Å²) >= 11 is 1.85.